The van der Waals surface area contributed by atoms with Gasteiger partial charge in [0.2, 0.25) is 0 Å². The maximum atomic E-state index is 12.9. The molecule has 3 aromatic rings. The summed E-state index contributed by atoms with van der Waals surface area (Å²) < 4.78 is 0. The van der Waals surface area contributed by atoms with E-state index in [1.807, 2.05) is 6.26 Å². The van der Waals surface area contributed by atoms with E-state index in [1.54, 1.807) is 42.5 Å². The summed E-state index contributed by atoms with van der Waals surface area (Å²) in [6.45, 7) is 0. The second-order valence-corrected chi connectivity index (χ2v) is 6.44. The van der Waals surface area contributed by atoms with E-state index in [1.165, 1.54) is 11.8 Å². The van der Waals surface area contributed by atoms with E-state index in [0.717, 1.165) is 4.90 Å². The first-order chi connectivity index (χ1) is 11.5. The number of rotatable bonds is 1. The lowest BCUT2D eigenvalue weighted by Gasteiger charge is -2.21. The summed E-state index contributed by atoms with van der Waals surface area (Å²) in [7, 11) is 0. The van der Waals surface area contributed by atoms with Crippen molar-refractivity contribution < 1.29 is 19.8 Å². The van der Waals surface area contributed by atoms with Crippen LogP contribution in [0.25, 0.3) is 10.8 Å². The molecular formula is C19H12O4S. The quantitative estimate of drug-likeness (QED) is 0.409. The molecular weight excluding hydrogens is 324 g/mol. The van der Waals surface area contributed by atoms with Crippen LogP contribution in [0.4, 0.5) is 0 Å². The number of fused-ring (bicyclic) bond motifs is 3. The molecule has 0 heterocycles. The fraction of sp³-hybridized carbons (Fsp3) is 0.0526. The minimum atomic E-state index is -0.453. The predicted molar refractivity (Wildman–Crippen MR) is 92.4 cm³/mol. The molecule has 1 aliphatic rings. The summed E-state index contributed by atoms with van der Waals surface area (Å²) in [5, 5.41) is 21.8. The van der Waals surface area contributed by atoms with Gasteiger partial charge in [0.25, 0.3) is 0 Å². The molecule has 0 spiro atoms. The van der Waals surface area contributed by atoms with E-state index >= 15 is 0 Å². The maximum absolute atomic E-state index is 12.9. The highest BCUT2D eigenvalue weighted by Gasteiger charge is 2.36. The number of carbonyl (C=O) groups is 2. The standard InChI is InChI=1S/C19H12O4S/c1-24-9-6-7-12-13(8-9)19(23)15-14(18(12)22)16(20)10-4-2-3-5-11(10)17(15)21/h2-8,20-21H,1H3. The summed E-state index contributed by atoms with van der Waals surface area (Å²) in [6, 6.07) is 11.6. The van der Waals surface area contributed by atoms with Crippen LogP contribution in [0.15, 0.2) is 47.4 Å². The average molecular weight is 336 g/mol. The fourth-order valence-electron chi connectivity index (χ4n) is 3.15. The first-order valence-electron chi connectivity index (χ1n) is 7.28. The van der Waals surface area contributed by atoms with Crippen LogP contribution in [-0.2, 0) is 0 Å². The van der Waals surface area contributed by atoms with Gasteiger partial charge in [-0.2, -0.15) is 0 Å². The zero-order valence-electron chi connectivity index (χ0n) is 12.7. The van der Waals surface area contributed by atoms with Gasteiger partial charge in [0.1, 0.15) is 11.5 Å². The number of aromatic hydroxyl groups is 2. The van der Waals surface area contributed by atoms with Crippen LogP contribution in [-0.4, -0.2) is 28.0 Å². The van der Waals surface area contributed by atoms with Crippen molar-refractivity contribution in [2.24, 2.45) is 0 Å². The highest BCUT2D eigenvalue weighted by molar-refractivity contribution is 7.98. The number of hydrogen-bond donors (Lipinski definition) is 2. The van der Waals surface area contributed by atoms with Crippen LogP contribution in [0.3, 0.4) is 0 Å². The lowest BCUT2D eigenvalue weighted by Crippen LogP contribution is -2.21. The minimum absolute atomic E-state index is 0.123. The molecule has 2 N–H and O–H groups in total. The molecule has 0 saturated heterocycles. The highest BCUT2D eigenvalue weighted by Crippen LogP contribution is 2.44. The Kier molecular flexibility index (Phi) is 3.15. The van der Waals surface area contributed by atoms with Crippen molar-refractivity contribution >= 4 is 34.1 Å². The summed E-state index contributed by atoms with van der Waals surface area (Å²) in [5.41, 5.74) is 0.252. The molecule has 4 rings (SSSR count). The summed E-state index contributed by atoms with van der Waals surface area (Å²) in [5.74, 6) is -1.44. The van der Waals surface area contributed by atoms with Gasteiger partial charge in [-0.3, -0.25) is 9.59 Å². The Bertz CT molecular complexity index is 1050. The van der Waals surface area contributed by atoms with Crippen LogP contribution in [0.2, 0.25) is 0 Å². The highest BCUT2D eigenvalue weighted by atomic mass is 32.2. The number of ketones is 2. The molecule has 0 unspecified atom stereocenters. The number of carbonyl (C=O) groups excluding carboxylic acids is 2. The molecule has 0 aromatic heterocycles. The van der Waals surface area contributed by atoms with Gasteiger partial charge >= 0.3 is 0 Å². The largest absolute Gasteiger partial charge is 0.506 e. The number of hydrogen-bond acceptors (Lipinski definition) is 5. The van der Waals surface area contributed by atoms with Crippen molar-refractivity contribution in [1.29, 1.82) is 0 Å². The average Bonchev–Trinajstić information content (AvgIpc) is 2.62. The molecule has 0 radical (unpaired) electrons. The fourth-order valence-corrected chi connectivity index (χ4v) is 3.59. The van der Waals surface area contributed by atoms with Crippen molar-refractivity contribution in [3.8, 4) is 11.5 Å². The van der Waals surface area contributed by atoms with Crippen molar-refractivity contribution in [3.05, 3.63) is 64.7 Å². The van der Waals surface area contributed by atoms with Crippen LogP contribution in [0, 0.1) is 0 Å². The first-order valence-corrected chi connectivity index (χ1v) is 8.51. The van der Waals surface area contributed by atoms with Crippen molar-refractivity contribution in [3.63, 3.8) is 0 Å². The van der Waals surface area contributed by atoms with Gasteiger partial charge < -0.3 is 10.2 Å². The second-order valence-electron chi connectivity index (χ2n) is 5.56. The number of phenolic OH excluding ortho intramolecular Hbond substituents is 2. The summed E-state index contributed by atoms with van der Waals surface area (Å²) >= 11 is 1.46. The van der Waals surface area contributed by atoms with Gasteiger partial charge in [-0.15, -0.1) is 11.8 Å². The minimum Gasteiger partial charge on any atom is -0.506 e. The molecule has 0 atom stereocenters. The van der Waals surface area contributed by atoms with Gasteiger partial charge in [-0.1, -0.05) is 24.3 Å². The molecule has 0 amide bonds. The summed E-state index contributed by atoms with van der Waals surface area (Å²) in [4.78, 5) is 26.6. The van der Waals surface area contributed by atoms with Gasteiger partial charge in [0.15, 0.2) is 11.6 Å². The van der Waals surface area contributed by atoms with E-state index in [9.17, 15) is 19.8 Å². The molecule has 3 aromatic carbocycles. The Balaban J connectivity index is 2.12. The third-order valence-electron chi connectivity index (χ3n) is 4.33. The zero-order chi connectivity index (χ0) is 17.0. The summed E-state index contributed by atoms with van der Waals surface area (Å²) in [6.07, 6.45) is 1.88. The number of thioether (sulfide) groups is 1. The molecule has 0 aliphatic heterocycles. The lowest BCUT2D eigenvalue weighted by atomic mass is 9.81. The lowest BCUT2D eigenvalue weighted by molar-refractivity contribution is 0.0974. The third-order valence-corrected chi connectivity index (χ3v) is 5.06. The van der Waals surface area contributed by atoms with E-state index in [-0.39, 0.29) is 33.8 Å². The Hall–Kier alpha value is -2.79. The van der Waals surface area contributed by atoms with Crippen molar-refractivity contribution in [2.75, 3.05) is 6.26 Å². The molecule has 4 nitrogen and oxygen atoms in total. The Morgan fingerprint density at radius 1 is 0.792 bits per heavy atom. The number of benzene rings is 3. The molecule has 0 saturated carbocycles. The van der Waals surface area contributed by atoms with Crippen molar-refractivity contribution in [2.45, 2.75) is 4.90 Å². The topological polar surface area (TPSA) is 74.6 Å². The van der Waals surface area contributed by atoms with Crippen LogP contribution >= 0.6 is 11.8 Å². The Morgan fingerprint density at radius 3 is 1.88 bits per heavy atom. The van der Waals surface area contributed by atoms with Crippen LogP contribution < -0.4 is 0 Å². The Labute approximate surface area is 141 Å². The normalized spacial score (nSPS) is 13.0. The molecule has 0 bridgehead atoms. The molecule has 0 fully saturated rings. The van der Waals surface area contributed by atoms with E-state index in [2.05, 4.69) is 0 Å². The van der Waals surface area contributed by atoms with Gasteiger partial charge in [-0.25, -0.2) is 0 Å². The van der Waals surface area contributed by atoms with Gasteiger partial charge in [-0.05, 0) is 24.5 Å². The van der Waals surface area contributed by atoms with E-state index in [0.29, 0.717) is 10.8 Å². The monoisotopic (exact) mass is 336 g/mol. The Morgan fingerprint density at radius 2 is 1.33 bits per heavy atom. The third kappa shape index (κ3) is 1.82. The smallest absolute Gasteiger partial charge is 0.198 e. The zero-order valence-corrected chi connectivity index (χ0v) is 13.5. The van der Waals surface area contributed by atoms with E-state index < -0.39 is 11.6 Å². The molecule has 118 valence electrons. The predicted octanol–water partition coefficient (Wildman–Crippen LogP) is 3.75. The van der Waals surface area contributed by atoms with Crippen LogP contribution in [0.1, 0.15) is 31.8 Å². The van der Waals surface area contributed by atoms with E-state index in [4.69, 9.17) is 0 Å². The van der Waals surface area contributed by atoms with Gasteiger partial charge in [0.05, 0.1) is 11.1 Å². The molecule has 1 aliphatic carbocycles. The SMILES string of the molecule is CSc1ccc2c(c1)C(=O)c1c(c(O)c3ccccc3c1O)C2=O. The van der Waals surface area contributed by atoms with Crippen molar-refractivity contribution in [1.82, 2.24) is 0 Å². The maximum Gasteiger partial charge on any atom is 0.198 e. The first kappa shape index (κ1) is 14.8. The second kappa shape index (κ2) is 5.11. The molecule has 5 heteroatoms. The van der Waals surface area contributed by atoms with Crippen LogP contribution in [0.5, 0.6) is 11.5 Å². The molecule has 24 heavy (non-hydrogen) atoms. The number of phenols is 2. The van der Waals surface area contributed by atoms with Gasteiger partial charge in [0, 0.05) is 26.8 Å².